The summed E-state index contributed by atoms with van der Waals surface area (Å²) >= 11 is 0. The van der Waals surface area contributed by atoms with Crippen LogP contribution in [0.5, 0.6) is 23.0 Å². The fraction of sp³-hybridized carbons (Fsp3) is 0.222. The third-order valence-corrected chi connectivity index (χ3v) is 6.96. The largest absolute Gasteiger partial charge is 0.491 e. The quantitative estimate of drug-likeness (QED) is 0.315. The van der Waals surface area contributed by atoms with Gasteiger partial charge in [0.05, 0.1) is 68.3 Å². The van der Waals surface area contributed by atoms with Crippen LogP contribution in [0.2, 0.25) is 0 Å². The fourth-order valence-electron chi connectivity index (χ4n) is 4.93. The molecule has 2 aromatic heterocycles. The molecule has 8 bridgehead atoms. The van der Waals surface area contributed by atoms with E-state index in [1.807, 2.05) is 0 Å². The van der Waals surface area contributed by atoms with Crippen molar-refractivity contribution in [1.82, 2.24) is 9.97 Å². The third kappa shape index (κ3) is 6.07. The van der Waals surface area contributed by atoms with Crippen LogP contribution >= 0.6 is 0 Å². The summed E-state index contributed by atoms with van der Waals surface area (Å²) in [7, 11) is 12.2. The predicted octanol–water partition coefficient (Wildman–Crippen LogP) is 4.57. The monoisotopic (exact) mass is 646 g/mol. The smallest absolute Gasteiger partial charge is 0.197 e. The number of nitrogens with one attached hydrogen (secondary N) is 2. The maximum Gasteiger partial charge on any atom is 0.197 e. The molecule has 2 N–H and O–H groups in total. The summed E-state index contributed by atoms with van der Waals surface area (Å²) in [5.74, 6) is 14.9. The molecular formula is C36H30N4O8. The van der Waals surface area contributed by atoms with Crippen LogP contribution in [0.3, 0.4) is 0 Å². The van der Waals surface area contributed by atoms with Crippen LogP contribution < -0.4 is 18.9 Å². The van der Waals surface area contributed by atoms with Crippen molar-refractivity contribution in [3.8, 4) is 46.7 Å². The van der Waals surface area contributed by atoms with E-state index in [0.29, 0.717) is 91.6 Å². The van der Waals surface area contributed by atoms with E-state index in [0.717, 1.165) is 0 Å². The summed E-state index contributed by atoms with van der Waals surface area (Å²) in [6.45, 7) is 0. The van der Waals surface area contributed by atoms with E-state index in [4.69, 9.17) is 37.9 Å². The Bertz CT molecular complexity index is 2020. The van der Waals surface area contributed by atoms with Crippen LogP contribution in [-0.4, -0.2) is 78.3 Å². The number of nitrogens with zero attached hydrogens (tertiary/aromatic N) is 2. The van der Waals surface area contributed by atoms with Gasteiger partial charge in [-0.05, 0) is 70.9 Å². The number of methoxy groups -OCH3 is 8. The molecule has 48 heavy (non-hydrogen) atoms. The van der Waals surface area contributed by atoms with Crippen molar-refractivity contribution >= 4 is 23.6 Å². The van der Waals surface area contributed by atoms with Crippen molar-refractivity contribution in [2.45, 2.75) is 0 Å². The van der Waals surface area contributed by atoms with Gasteiger partial charge in [-0.1, -0.05) is 0 Å². The van der Waals surface area contributed by atoms with Crippen molar-refractivity contribution in [3.63, 3.8) is 0 Å². The van der Waals surface area contributed by atoms with Gasteiger partial charge < -0.3 is 47.9 Å². The minimum atomic E-state index is 0.331. The van der Waals surface area contributed by atoms with Crippen molar-refractivity contribution in [3.05, 3.63) is 92.3 Å². The zero-order chi connectivity index (χ0) is 34.2. The van der Waals surface area contributed by atoms with Crippen LogP contribution in [-0.2, 0) is 18.9 Å². The lowest BCUT2D eigenvalue weighted by Crippen LogP contribution is -2.01. The molecule has 0 saturated carbocycles. The summed E-state index contributed by atoms with van der Waals surface area (Å²) in [4.78, 5) is 15.7. The Balaban J connectivity index is 1.78. The van der Waals surface area contributed by atoms with E-state index in [-0.39, 0.29) is 0 Å². The second kappa shape index (κ2) is 14.6. The maximum absolute atomic E-state index is 5.63. The molecule has 0 spiro atoms. The van der Waals surface area contributed by atoms with Gasteiger partial charge in [-0.15, -0.1) is 0 Å². The molecule has 0 radical (unpaired) electrons. The molecule has 0 aromatic carbocycles. The van der Waals surface area contributed by atoms with Gasteiger partial charge in [0.1, 0.15) is 22.8 Å². The van der Waals surface area contributed by atoms with Crippen LogP contribution in [0.15, 0.2) is 79.5 Å². The Morgan fingerprint density at radius 1 is 0.458 bits per heavy atom. The van der Waals surface area contributed by atoms with Crippen molar-refractivity contribution in [2.75, 3.05) is 56.9 Å². The van der Waals surface area contributed by atoms with Gasteiger partial charge in [0.15, 0.2) is 57.4 Å². The molecule has 0 unspecified atom stereocenters. The zero-order valence-corrected chi connectivity index (χ0v) is 27.5. The number of H-pyrrole nitrogens is 2. The Morgan fingerprint density at radius 3 is 1.17 bits per heavy atom. The fourth-order valence-corrected chi connectivity index (χ4v) is 4.93. The first-order valence-corrected chi connectivity index (χ1v) is 14.1. The number of fused-ring (bicyclic) bond motifs is 6. The highest BCUT2D eigenvalue weighted by Crippen LogP contribution is 2.37. The normalized spacial score (nSPS) is 15.8. The second-order valence-electron chi connectivity index (χ2n) is 9.45. The SMILES string of the molecule is COC1=C(OC)C2=NC1=C=C=C=C=C1N=C(/C=C\c3[nH]c(c(OC)c3OC)C#CC#Cc3[nH]c(c(OC)c3OC)/C=C\2)C(OC)=C1OC. The maximum atomic E-state index is 5.63. The average Bonchev–Trinajstić information content (AvgIpc) is 3.84. The molecule has 0 amide bonds. The highest BCUT2D eigenvalue weighted by Gasteiger charge is 2.27. The molecule has 2 aromatic rings. The number of allylic oxidation sites excluding steroid dienone is 2. The predicted molar refractivity (Wildman–Crippen MR) is 178 cm³/mol. The van der Waals surface area contributed by atoms with Gasteiger partial charge in [-0.3, -0.25) is 0 Å². The summed E-state index contributed by atoms with van der Waals surface area (Å²) < 4.78 is 44.9. The van der Waals surface area contributed by atoms with Crippen LogP contribution in [0.4, 0.5) is 0 Å². The third-order valence-electron chi connectivity index (χ3n) is 6.96. The van der Waals surface area contributed by atoms with Crippen molar-refractivity contribution in [2.24, 2.45) is 9.98 Å². The first kappa shape index (κ1) is 32.6. The van der Waals surface area contributed by atoms with Gasteiger partial charge in [-0.2, -0.15) is 0 Å². The second-order valence-corrected chi connectivity index (χ2v) is 9.45. The Kier molecular flexibility index (Phi) is 9.90. The molecule has 3 aliphatic rings. The summed E-state index contributed by atoms with van der Waals surface area (Å²) in [6, 6.07) is 0. The Labute approximate surface area is 277 Å². The molecule has 12 heteroatoms. The highest BCUT2D eigenvalue weighted by molar-refractivity contribution is 6.13. The molecular weight excluding hydrogens is 616 g/mol. The highest BCUT2D eigenvalue weighted by atomic mass is 16.5. The minimum absolute atomic E-state index is 0.331. The molecule has 0 fully saturated rings. The van der Waals surface area contributed by atoms with Gasteiger partial charge >= 0.3 is 0 Å². The molecule has 0 aliphatic carbocycles. The molecule has 3 aliphatic heterocycles. The van der Waals surface area contributed by atoms with E-state index in [1.165, 1.54) is 56.9 Å². The van der Waals surface area contributed by atoms with Gasteiger partial charge in [0, 0.05) is 0 Å². The van der Waals surface area contributed by atoms with Crippen molar-refractivity contribution in [1.29, 1.82) is 0 Å². The van der Waals surface area contributed by atoms with Gasteiger partial charge in [0.2, 0.25) is 0 Å². The molecule has 242 valence electrons. The summed E-state index contributed by atoms with van der Waals surface area (Å²) in [5, 5.41) is 0. The zero-order valence-electron chi connectivity index (χ0n) is 27.5. The number of aliphatic imine (C=N–C) groups is 2. The lowest BCUT2D eigenvalue weighted by molar-refractivity contribution is 0.247. The minimum Gasteiger partial charge on any atom is -0.491 e. The lowest BCUT2D eigenvalue weighted by atomic mass is 10.2. The number of aromatic nitrogens is 2. The summed E-state index contributed by atoms with van der Waals surface area (Å²) in [6.07, 6.45) is 6.96. The standard InChI is InChI=1S/C36H30N4O8/c1-41-29-21-13-9-10-14-22-30(42-2)35(47-7)27(39-22)19-20-28-36(48-8)32(44-4)24(40-28)16-12-11-15-23-31(43-3)34(46-6)26(38-23)18-17-25(37-21)33(29)45-5/h17-20,37,39H,1-8H3/b18-17-,20-19-,25-17?,26-18?,27-19?,28-20?. The number of ether oxygens (including phenoxy) is 8. The van der Waals surface area contributed by atoms with E-state index in [9.17, 15) is 0 Å². The lowest BCUT2D eigenvalue weighted by Gasteiger charge is -2.04. The molecule has 0 atom stereocenters. The van der Waals surface area contributed by atoms with E-state index >= 15 is 0 Å². The van der Waals surface area contributed by atoms with E-state index in [2.05, 4.69) is 66.6 Å². The van der Waals surface area contributed by atoms with Gasteiger partial charge in [-0.25, -0.2) is 9.98 Å². The topological polar surface area (TPSA) is 130 Å². The Hall–Kier alpha value is -6.76. The van der Waals surface area contributed by atoms with Crippen LogP contribution in [0.25, 0.3) is 12.2 Å². The van der Waals surface area contributed by atoms with E-state index in [1.54, 1.807) is 24.3 Å². The first-order valence-electron chi connectivity index (χ1n) is 14.1. The number of rotatable bonds is 8. The Morgan fingerprint density at radius 2 is 0.833 bits per heavy atom. The first-order chi connectivity index (χ1) is 23.5. The van der Waals surface area contributed by atoms with Crippen LogP contribution in [0.1, 0.15) is 22.8 Å². The van der Waals surface area contributed by atoms with Crippen LogP contribution in [0, 0.1) is 23.7 Å². The average molecular weight is 647 g/mol. The summed E-state index contributed by atoms with van der Waals surface area (Å²) in [5.41, 5.74) is 15.1. The molecule has 0 saturated heterocycles. The number of aromatic amines is 2. The molecule has 5 rings (SSSR count). The molecule has 5 heterocycles. The number of hydrogen-bond acceptors (Lipinski definition) is 10. The van der Waals surface area contributed by atoms with Crippen molar-refractivity contribution < 1.29 is 37.9 Å². The van der Waals surface area contributed by atoms with Gasteiger partial charge in [0.25, 0.3) is 0 Å². The number of hydrogen-bond donors (Lipinski definition) is 2. The molecule has 12 nitrogen and oxygen atoms in total. The van der Waals surface area contributed by atoms with E-state index < -0.39 is 0 Å².